The van der Waals surface area contributed by atoms with E-state index in [0.29, 0.717) is 16.7 Å². The van der Waals surface area contributed by atoms with Crippen LogP contribution in [0, 0.1) is 11.7 Å². The van der Waals surface area contributed by atoms with Crippen molar-refractivity contribution in [3.05, 3.63) is 94.4 Å². The third-order valence-electron chi connectivity index (χ3n) is 6.37. The Morgan fingerprint density at radius 3 is 2.50 bits per heavy atom. The largest absolute Gasteiger partial charge is 0.493 e. The maximum absolute atomic E-state index is 13.6. The Hall–Kier alpha value is -4.04. The number of hydrogen-bond acceptors (Lipinski definition) is 6. The third-order valence-corrected chi connectivity index (χ3v) is 6.65. The maximum Gasteiger partial charge on any atom is 0.324 e. The van der Waals surface area contributed by atoms with Crippen LogP contribution in [-0.4, -0.2) is 29.8 Å². The van der Waals surface area contributed by atoms with Crippen LogP contribution in [0.2, 0.25) is 5.02 Å². The highest BCUT2D eigenvalue weighted by Gasteiger charge is 2.49. The van der Waals surface area contributed by atoms with Crippen molar-refractivity contribution in [2.75, 3.05) is 7.11 Å². The number of halogens is 2. The second-order valence-electron chi connectivity index (χ2n) is 9.44. The van der Waals surface area contributed by atoms with Gasteiger partial charge >= 0.3 is 11.9 Å². The van der Waals surface area contributed by atoms with Gasteiger partial charge in [0, 0.05) is 36.9 Å². The number of para-hydroxylation sites is 1. The van der Waals surface area contributed by atoms with Gasteiger partial charge in [-0.15, -0.1) is 0 Å². The summed E-state index contributed by atoms with van der Waals surface area (Å²) >= 11 is 6.67. The number of methoxy groups -OCH3 is 1. The molecule has 3 aromatic carbocycles. The molecule has 7 nitrogen and oxygen atoms in total. The number of H-pyrrole nitrogens is 1. The Morgan fingerprint density at radius 1 is 1.05 bits per heavy atom. The van der Waals surface area contributed by atoms with E-state index in [1.807, 2.05) is 24.3 Å². The summed E-state index contributed by atoms with van der Waals surface area (Å²) in [6, 6.07) is 16.9. The van der Waals surface area contributed by atoms with Crippen molar-refractivity contribution in [1.82, 2.24) is 4.98 Å². The molecule has 0 spiro atoms. The van der Waals surface area contributed by atoms with Gasteiger partial charge in [-0.3, -0.25) is 9.59 Å². The molecule has 0 saturated carbocycles. The van der Waals surface area contributed by atoms with Gasteiger partial charge in [-0.2, -0.15) is 0 Å². The monoisotopic (exact) mass is 537 g/mol. The van der Waals surface area contributed by atoms with Gasteiger partial charge in [0.25, 0.3) is 5.79 Å². The Labute approximate surface area is 223 Å². The van der Waals surface area contributed by atoms with E-state index >= 15 is 0 Å². The molecule has 5 rings (SSSR count). The smallest absolute Gasteiger partial charge is 0.324 e. The molecular formula is C29H25ClFNO6. The maximum atomic E-state index is 13.6. The zero-order chi connectivity index (χ0) is 27.0. The van der Waals surface area contributed by atoms with Gasteiger partial charge in [0.2, 0.25) is 0 Å². The van der Waals surface area contributed by atoms with E-state index in [9.17, 15) is 14.0 Å². The number of carbonyl (C=O) groups excluding carboxylic acids is 2. The van der Waals surface area contributed by atoms with E-state index in [2.05, 4.69) is 4.98 Å². The lowest BCUT2D eigenvalue weighted by Gasteiger charge is -2.36. The van der Waals surface area contributed by atoms with Gasteiger partial charge in [0.05, 0.1) is 12.1 Å². The van der Waals surface area contributed by atoms with Crippen LogP contribution < -0.4 is 9.47 Å². The van der Waals surface area contributed by atoms with Crippen LogP contribution in [0.25, 0.3) is 10.9 Å². The SMILES string of the molecule is COc1cc([C@@H](c2c[nH]c3ccccc23)C2C(=O)OC(C)(C)OC2=O)cc(Cl)c1OCc1cccc(F)c1. The topological polar surface area (TPSA) is 86.9 Å². The van der Waals surface area contributed by atoms with Crippen LogP contribution in [0.3, 0.4) is 0 Å². The standard InChI is InChI=1S/C29H25ClFNO6/c1-29(2)37-27(33)25(28(34)38-29)24(20-14-32-22-10-5-4-9-19(20)22)17-12-21(30)26(23(13-17)35-3)36-15-16-7-6-8-18(31)11-16/h4-14,24-25,32H,15H2,1-3H3/t24-/m0/s1. The van der Waals surface area contributed by atoms with E-state index in [1.54, 1.807) is 30.5 Å². The number of ether oxygens (including phenoxy) is 4. The van der Waals surface area contributed by atoms with Gasteiger partial charge in [-0.25, -0.2) is 4.39 Å². The summed E-state index contributed by atoms with van der Waals surface area (Å²) < 4.78 is 36.0. The molecule has 1 atom stereocenters. The molecule has 0 bridgehead atoms. The van der Waals surface area contributed by atoms with Gasteiger partial charge < -0.3 is 23.9 Å². The molecule has 0 unspecified atom stereocenters. The Morgan fingerprint density at radius 2 is 1.79 bits per heavy atom. The van der Waals surface area contributed by atoms with Crippen LogP contribution in [0.5, 0.6) is 11.5 Å². The summed E-state index contributed by atoms with van der Waals surface area (Å²) in [5, 5.41) is 1.02. The van der Waals surface area contributed by atoms with Gasteiger partial charge in [0.15, 0.2) is 17.4 Å². The highest BCUT2D eigenvalue weighted by molar-refractivity contribution is 6.32. The van der Waals surface area contributed by atoms with E-state index in [4.69, 9.17) is 30.5 Å². The first-order valence-corrected chi connectivity index (χ1v) is 12.3. The summed E-state index contributed by atoms with van der Waals surface area (Å²) in [7, 11) is 1.46. The van der Waals surface area contributed by atoms with E-state index in [1.165, 1.54) is 33.1 Å². The number of rotatable bonds is 7. The first-order chi connectivity index (χ1) is 18.2. The molecule has 1 aromatic heterocycles. The summed E-state index contributed by atoms with van der Waals surface area (Å²) in [6.07, 6.45) is 1.75. The number of cyclic esters (lactones) is 2. The summed E-state index contributed by atoms with van der Waals surface area (Å²) in [4.78, 5) is 29.6. The zero-order valence-corrected chi connectivity index (χ0v) is 21.7. The Kier molecular flexibility index (Phi) is 6.75. The molecule has 0 amide bonds. The number of hydrogen-bond donors (Lipinski definition) is 1. The Balaban J connectivity index is 1.59. The first-order valence-electron chi connectivity index (χ1n) is 11.9. The highest BCUT2D eigenvalue weighted by atomic mass is 35.5. The van der Waals surface area contributed by atoms with Crippen LogP contribution in [0.1, 0.15) is 36.5 Å². The molecular weight excluding hydrogens is 513 g/mol. The molecule has 9 heteroatoms. The van der Waals surface area contributed by atoms with Crippen LogP contribution in [0.4, 0.5) is 4.39 Å². The predicted octanol–water partition coefficient (Wildman–Crippen LogP) is 6.13. The summed E-state index contributed by atoms with van der Waals surface area (Å²) in [5.41, 5.74) is 2.65. The number of benzene rings is 3. The highest BCUT2D eigenvalue weighted by Crippen LogP contribution is 2.45. The van der Waals surface area contributed by atoms with Crippen molar-refractivity contribution in [3.63, 3.8) is 0 Å². The van der Waals surface area contributed by atoms with Crippen LogP contribution in [0.15, 0.2) is 66.9 Å². The fourth-order valence-electron chi connectivity index (χ4n) is 4.75. The molecule has 4 aromatic rings. The van der Waals surface area contributed by atoms with Crippen molar-refractivity contribution in [1.29, 1.82) is 0 Å². The summed E-state index contributed by atoms with van der Waals surface area (Å²) in [5.74, 6) is -4.74. The molecule has 0 radical (unpaired) electrons. The van der Waals surface area contributed by atoms with Crippen molar-refractivity contribution in [2.24, 2.45) is 5.92 Å². The quantitative estimate of drug-likeness (QED) is 0.225. The first kappa shape index (κ1) is 25.6. The number of fused-ring (bicyclic) bond motifs is 1. The third kappa shape index (κ3) is 4.91. The summed E-state index contributed by atoms with van der Waals surface area (Å²) in [6.45, 7) is 3.06. The van der Waals surface area contributed by atoms with E-state index < -0.39 is 29.6 Å². The minimum atomic E-state index is -1.38. The van der Waals surface area contributed by atoms with Crippen molar-refractivity contribution < 1.29 is 32.9 Å². The lowest BCUT2D eigenvalue weighted by Crippen LogP contribution is -2.48. The fraction of sp³-hybridized carbons (Fsp3) is 0.241. The Bertz CT molecular complexity index is 1510. The molecule has 0 aliphatic carbocycles. The number of nitrogens with one attached hydrogen (secondary N) is 1. The molecule has 1 aliphatic rings. The van der Waals surface area contributed by atoms with Crippen molar-refractivity contribution in [2.45, 2.75) is 32.2 Å². The van der Waals surface area contributed by atoms with Crippen molar-refractivity contribution >= 4 is 34.4 Å². The molecule has 1 N–H and O–H groups in total. The molecule has 2 heterocycles. The second-order valence-corrected chi connectivity index (χ2v) is 9.85. The molecule has 1 fully saturated rings. The molecule has 38 heavy (non-hydrogen) atoms. The lowest BCUT2D eigenvalue weighted by molar-refractivity contribution is -0.240. The number of esters is 2. The average Bonchev–Trinajstić information content (AvgIpc) is 3.28. The molecule has 1 aliphatic heterocycles. The minimum Gasteiger partial charge on any atom is -0.493 e. The fourth-order valence-corrected chi connectivity index (χ4v) is 5.02. The normalized spacial score (nSPS) is 16.1. The predicted molar refractivity (Wildman–Crippen MR) is 139 cm³/mol. The molecule has 196 valence electrons. The average molecular weight is 538 g/mol. The van der Waals surface area contributed by atoms with Gasteiger partial charge in [0.1, 0.15) is 12.4 Å². The van der Waals surface area contributed by atoms with Crippen LogP contribution in [-0.2, 0) is 25.7 Å². The number of aromatic nitrogens is 1. The zero-order valence-electron chi connectivity index (χ0n) is 20.9. The van der Waals surface area contributed by atoms with Crippen LogP contribution >= 0.6 is 11.6 Å². The van der Waals surface area contributed by atoms with E-state index in [-0.39, 0.29) is 28.9 Å². The van der Waals surface area contributed by atoms with Crippen molar-refractivity contribution in [3.8, 4) is 11.5 Å². The van der Waals surface area contributed by atoms with E-state index in [0.717, 1.165) is 10.9 Å². The number of carbonyl (C=O) groups is 2. The minimum absolute atomic E-state index is 0.0510. The van der Waals surface area contributed by atoms with Gasteiger partial charge in [-0.1, -0.05) is 41.9 Å². The number of aromatic amines is 1. The second kappa shape index (κ2) is 10.0. The molecule has 1 saturated heterocycles. The lowest BCUT2D eigenvalue weighted by atomic mass is 9.79. The van der Waals surface area contributed by atoms with Gasteiger partial charge in [-0.05, 0) is 47.0 Å².